The van der Waals surface area contributed by atoms with Crippen LogP contribution in [-0.4, -0.2) is 15.1 Å². The van der Waals surface area contributed by atoms with E-state index in [0.29, 0.717) is 18.1 Å². The number of rotatable bonds is 3. The Kier molecular flexibility index (Phi) is 3.49. The molecule has 2 rings (SSSR count). The lowest BCUT2D eigenvalue weighted by Crippen LogP contribution is -2.26. The lowest BCUT2D eigenvalue weighted by molar-refractivity contribution is 0.252. The molecule has 0 radical (unpaired) electrons. The van der Waals surface area contributed by atoms with Crippen LogP contribution in [0, 0.1) is 12.3 Å². The van der Waals surface area contributed by atoms with Crippen LogP contribution in [0.1, 0.15) is 49.2 Å². The van der Waals surface area contributed by atoms with Gasteiger partial charge in [-0.3, -0.25) is 0 Å². The molecule has 2 heterocycles. The molecule has 5 nitrogen and oxygen atoms in total. The fourth-order valence-corrected chi connectivity index (χ4v) is 2.22. The maximum atomic E-state index is 6.07. The smallest absolute Gasteiger partial charge is 0.244 e. The third-order valence-electron chi connectivity index (χ3n) is 2.66. The largest absolute Gasteiger partial charge is 0.338 e. The summed E-state index contributed by atoms with van der Waals surface area (Å²) in [5, 5.41) is 6.96. The van der Waals surface area contributed by atoms with Crippen molar-refractivity contribution >= 4 is 11.3 Å². The van der Waals surface area contributed by atoms with Gasteiger partial charge in [-0.1, -0.05) is 25.9 Å². The summed E-state index contributed by atoms with van der Waals surface area (Å²) >= 11 is 1.60. The summed E-state index contributed by atoms with van der Waals surface area (Å²) in [6.45, 7) is 8.11. The Hall–Kier alpha value is -1.27. The standard InChI is InChI=1S/C12H18N4OS/c1-7-6-18-9(14-7)5-8-15-11(17-16-8)10(13)12(2,3)4/h6,10H,5,13H2,1-4H3/t10-/m1/s1. The van der Waals surface area contributed by atoms with Crippen molar-refractivity contribution in [1.82, 2.24) is 15.1 Å². The lowest BCUT2D eigenvalue weighted by Gasteiger charge is -2.23. The van der Waals surface area contributed by atoms with E-state index in [0.717, 1.165) is 10.7 Å². The molecule has 0 spiro atoms. The van der Waals surface area contributed by atoms with Gasteiger partial charge in [-0.05, 0) is 12.3 Å². The van der Waals surface area contributed by atoms with Crippen LogP contribution in [0.15, 0.2) is 9.90 Å². The summed E-state index contributed by atoms with van der Waals surface area (Å²) in [4.78, 5) is 8.72. The minimum atomic E-state index is -0.253. The number of aryl methyl sites for hydroxylation is 1. The Balaban J connectivity index is 2.11. The van der Waals surface area contributed by atoms with Gasteiger partial charge in [-0.15, -0.1) is 11.3 Å². The zero-order valence-electron chi connectivity index (χ0n) is 11.1. The SMILES string of the molecule is Cc1csc(Cc2noc([C@@H](N)C(C)(C)C)n2)n1. The number of nitrogens with zero attached hydrogens (tertiary/aromatic N) is 3. The van der Waals surface area contributed by atoms with Crippen molar-refractivity contribution in [3.8, 4) is 0 Å². The van der Waals surface area contributed by atoms with Gasteiger partial charge in [-0.2, -0.15) is 4.98 Å². The van der Waals surface area contributed by atoms with E-state index in [-0.39, 0.29) is 11.5 Å². The molecule has 2 aromatic rings. The Bertz CT molecular complexity index is 526. The molecule has 98 valence electrons. The van der Waals surface area contributed by atoms with Crippen LogP contribution in [0.3, 0.4) is 0 Å². The van der Waals surface area contributed by atoms with Gasteiger partial charge in [-0.25, -0.2) is 4.98 Å². The maximum Gasteiger partial charge on any atom is 0.244 e. The highest BCUT2D eigenvalue weighted by molar-refractivity contribution is 7.09. The predicted octanol–water partition coefficient (Wildman–Crippen LogP) is 2.47. The molecule has 0 amide bonds. The quantitative estimate of drug-likeness (QED) is 0.923. The van der Waals surface area contributed by atoms with E-state index in [1.165, 1.54) is 0 Å². The van der Waals surface area contributed by atoms with Gasteiger partial charge in [0.1, 0.15) is 5.01 Å². The zero-order valence-corrected chi connectivity index (χ0v) is 11.9. The molecule has 6 heteroatoms. The molecule has 2 N–H and O–H groups in total. The molecule has 0 saturated carbocycles. The summed E-state index contributed by atoms with van der Waals surface area (Å²) < 4.78 is 5.22. The zero-order chi connectivity index (χ0) is 13.3. The topological polar surface area (TPSA) is 77.8 Å². The summed E-state index contributed by atoms with van der Waals surface area (Å²) in [5.41, 5.74) is 7.00. The van der Waals surface area contributed by atoms with Gasteiger partial charge in [0.15, 0.2) is 5.82 Å². The molecule has 0 aliphatic carbocycles. The highest BCUT2D eigenvalue weighted by atomic mass is 32.1. The van der Waals surface area contributed by atoms with Crippen molar-refractivity contribution in [2.45, 2.75) is 40.2 Å². The summed E-state index contributed by atoms with van der Waals surface area (Å²) in [6, 6.07) is -0.253. The highest BCUT2D eigenvalue weighted by Gasteiger charge is 2.27. The van der Waals surface area contributed by atoms with Gasteiger partial charge >= 0.3 is 0 Å². The molecule has 0 aliphatic rings. The van der Waals surface area contributed by atoms with E-state index in [9.17, 15) is 0 Å². The average Bonchev–Trinajstić information content (AvgIpc) is 2.86. The molecule has 0 aromatic carbocycles. The third-order valence-corrected chi connectivity index (χ3v) is 3.63. The van der Waals surface area contributed by atoms with E-state index in [4.69, 9.17) is 10.3 Å². The van der Waals surface area contributed by atoms with Crippen LogP contribution in [0.4, 0.5) is 0 Å². The van der Waals surface area contributed by atoms with E-state index >= 15 is 0 Å². The second-order valence-electron chi connectivity index (χ2n) is 5.45. The van der Waals surface area contributed by atoms with Gasteiger partial charge in [0.05, 0.1) is 12.5 Å². The fraction of sp³-hybridized carbons (Fsp3) is 0.583. The molecule has 1 atom stereocenters. The number of hydrogen-bond donors (Lipinski definition) is 1. The molecule has 0 unspecified atom stereocenters. The van der Waals surface area contributed by atoms with Crippen LogP contribution >= 0.6 is 11.3 Å². The summed E-state index contributed by atoms with van der Waals surface area (Å²) in [7, 11) is 0. The molecule has 2 aromatic heterocycles. The molecule has 0 saturated heterocycles. The monoisotopic (exact) mass is 266 g/mol. The minimum absolute atomic E-state index is 0.0957. The Labute approximate surface area is 110 Å². The molecule has 0 bridgehead atoms. The average molecular weight is 266 g/mol. The second-order valence-corrected chi connectivity index (χ2v) is 6.39. The minimum Gasteiger partial charge on any atom is -0.338 e. The normalized spacial score (nSPS) is 13.8. The molecular formula is C12H18N4OS. The van der Waals surface area contributed by atoms with Crippen molar-refractivity contribution in [1.29, 1.82) is 0 Å². The van der Waals surface area contributed by atoms with Crippen molar-refractivity contribution < 1.29 is 4.52 Å². The first-order valence-corrected chi connectivity index (χ1v) is 6.73. The lowest BCUT2D eigenvalue weighted by atomic mass is 9.87. The van der Waals surface area contributed by atoms with Gasteiger partial charge in [0.25, 0.3) is 0 Å². The van der Waals surface area contributed by atoms with Crippen molar-refractivity contribution in [2.75, 3.05) is 0 Å². The second kappa shape index (κ2) is 4.78. The molecular weight excluding hydrogens is 248 g/mol. The molecule has 0 aliphatic heterocycles. The first-order chi connectivity index (χ1) is 8.36. The van der Waals surface area contributed by atoms with Crippen LogP contribution in [0.2, 0.25) is 0 Å². The van der Waals surface area contributed by atoms with Crippen molar-refractivity contribution in [3.05, 3.63) is 27.8 Å². The fourth-order valence-electron chi connectivity index (χ4n) is 1.46. The first kappa shape index (κ1) is 13.2. The number of nitrogens with two attached hydrogens (primary N) is 1. The van der Waals surface area contributed by atoms with Crippen LogP contribution in [-0.2, 0) is 6.42 Å². The summed E-state index contributed by atoms with van der Waals surface area (Å²) in [6.07, 6.45) is 0.596. The maximum absolute atomic E-state index is 6.07. The van der Waals surface area contributed by atoms with Crippen molar-refractivity contribution in [2.24, 2.45) is 11.1 Å². The van der Waals surface area contributed by atoms with E-state index in [1.54, 1.807) is 11.3 Å². The number of thiazole rings is 1. The van der Waals surface area contributed by atoms with Gasteiger partial charge in [0, 0.05) is 11.1 Å². The Morgan fingerprint density at radius 1 is 1.39 bits per heavy atom. The summed E-state index contributed by atoms with van der Waals surface area (Å²) in [5.74, 6) is 1.13. The van der Waals surface area contributed by atoms with E-state index < -0.39 is 0 Å². The molecule has 18 heavy (non-hydrogen) atoms. The van der Waals surface area contributed by atoms with E-state index in [1.807, 2.05) is 33.1 Å². The van der Waals surface area contributed by atoms with Crippen molar-refractivity contribution in [3.63, 3.8) is 0 Å². The van der Waals surface area contributed by atoms with Crippen LogP contribution in [0.25, 0.3) is 0 Å². The highest BCUT2D eigenvalue weighted by Crippen LogP contribution is 2.29. The van der Waals surface area contributed by atoms with Crippen LogP contribution < -0.4 is 5.73 Å². The third kappa shape index (κ3) is 2.94. The molecule has 0 fully saturated rings. The number of aromatic nitrogens is 3. The Morgan fingerprint density at radius 3 is 2.67 bits per heavy atom. The van der Waals surface area contributed by atoms with Crippen LogP contribution in [0.5, 0.6) is 0 Å². The first-order valence-electron chi connectivity index (χ1n) is 5.85. The number of hydrogen-bond acceptors (Lipinski definition) is 6. The van der Waals surface area contributed by atoms with Gasteiger partial charge < -0.3 is 10.3 Å². The van der Waals surface area contributed by atoms with E-state index in [2.05, 4.69) is 15.1 Å². The predicted molar refractivity (Wildman–Crippen MR) is 70.3 cm³/mol. The van der Waals surface area contributed by atoms with Gasteiger partial charge in [0.2, 0.25) is 5.89 Å². The Morgan fingerprint density at radius 2 is 2.11 bits per heavy atom.